The highest BCUT2D eigenvalue weighted by Gasteiger charge is 2.15. The Balaban J connectivity index is 1.55. The number of para-hydroxylation sites is 1. The largest absolute Gasteiger partial charge is 0.453 e. The van der Waals surface area contributed by atoms with Crippen LogP contribution >= 0.6 is 11.3 Å². The molecule has 7 nitrogen and oxygen atoms in total. The van der Waals surface area contributed by atoms with E-state index in [2.05, 4.69) is 10.1 Å². The van der Waals surface area contributed by atoms with Crippen molar-refractivity contribution >= 4 is 33.2 Å². The van der Waals surface area contributed by atoms with Crippen LogP contribution in [0.5, 0.6) is 0 Å². The standard InChI is InChI=1S/C17H13N3O4S/c1-2-14-19-20-15(21)8-11(18-17(20)25-14)9-23-16(22)13-7-10-5-3-4-6-12(10)24-13/h3-8H,2,9H2,1H3. The van der Waals surface area contributed by atoms with Crippen LogP contribution in [0.4, 0.5) is 0 Å². The average Bonchev–Trinajstić information content (AvgIpc) is 3.23. The number of carbonyl (C=O) groups excluding carboxylic acids is 1. The zero-order valence-corrected chi connectivity index (χ0v) is 14.1. The molecule has 4 aromatic rings. The van der Waals surface area contributed by atoms with E-state index in [1.165, 1.54) is 21.9 Å². The van der Waals surface area contributed by atoms with Crippen LogP contribution in [0, 0.1) is 0 Å². The van der Waals surface area contributed by atoms with Crippen LogP contribution in [-0.4, -0.2) is 20.6 Å². The number of carbonyl (C=O) groups is 1. The molecule has 0 bridgehead atoms. The predicted molar refractivity (Wildman–Crippen MR) is 91.8 cm³/mol. The second-order valence-corrected chi connectivity index (χ2v) is 6.39. The van der Waals surface area contributed by atoms with E-state index in [-0.39, 0.29) is 17.9 Å². The number of aryl methyl sites for hydroxylation is 1. The fourth-order valence-electron chi connectivity index (χ4n) is 2.41. The molecule has 1 aromatic carbocycles. The van der Waals surface area contributed by atoms with Gasteiger partial charge in [0.1, 0.15) is 17.2 Å². The van der Waals surface area contributed by atoms with Crippen LogP contribution in [0.2, 0.25) is 0 Å². The number of ether oxygens (including phenoxy) is 1. The second-order valence-electron chi connectivity index (χ2n) is 5.35. The molecule has 0 spiro atoms. The van der Waals surface area contributed by atoms with Gasteiger partial charge in [0, 0.05) is 11.5 Å². The normalized spacial score (nSPS) is 11.2. The molecule has 0 aliphatic carbocycles. The fourth-order valence-corrected chi connectivity index (χ4v) is 3.26. The van der Waals surface area contributed by atoms with E-state index in [1.54, 1.807) is 12.1 Å². The number of fused-ring (bicyclic) bond motifs is 2. The van der Waals surface area contributed by atoms with Crippen LogP contribution in [0.1, 0.15) is 28.2 Å². The molecule has 0 fully saturated rings. The molecule has 0 atom stereocenters. The van der Waals surface area contributed by atoms with Gasteiger partial charge in [0.2, 0.25) is 10.7 Å². The van der Waals surface area contributed by atoms with Crippen molar-refractivity contribution in [3.05, 3.63) is 63.2 Å². The lowest BCUT2D eigenvalue weighted by Crippen LogP contribution is -2.16. The lowest BCUT2D eigenvalue weighted by Gasteiger charge is -2.02. The first-order valence-corrected chi connectivity index (χ1v) is 8.50. The highest BCUT2D eigenvalue weighted by molar-refractivity contribution is 7.16. The molecule has 0 aliphatic rings. The van der Waals surface area contributed by atoms with Crippen molar-refractivity contribution in [1.29, 1.82) is 0 Å². The number of aromatic nitrogens is 3. The minimum Gasteiger partial charge on any atom is -0.453 e. The molecule has 0 unspecified atom stereocenters. The average molecular weight is 355 g/mol. The van der Waals surface area contributed by atoms with E-state index in [9.17, 15) is 9.59 Å². The van der Waals surface area contributed by atoms with Crippen LogP contribution in [0.15, 0.2) is 45.6 Å². The van der Waals surface area contributed by atoms with Gasteiger partial charge < -0.3 is 9.15 Å². The molecule has 0 aliphatic heterocycles. The summed E-state index contributed by atoms with van der Waals surface area (Å²) in [7, 11) is 0. The van der Waals surface area contributed by atoms with Gasteiger partial charge in [-0.25, -0.2) is 9.78 Å². The maximum Gasteiger partial charge on any atom is 0.374 e. The Morgan fingerprint density at radius 2 is 2.16 bits per heavy atom. The molecule has 25 heavy (non-hydrogen) atoms. The summed E-state index contributed by atoms with van der Waals surface area (Å²) in [6.07, 6.45) is 0.726. The summed E-state index contributed by atoms with van der Waals surface area (Å²) >= 11 is 1.34. The van der Waals surface area contributed by atoms with Gasteiger partial charge in [-0.15, -0.1) is 0 Å². The van der Waals surface area contributed by atoms with Crippen molar-refractivity contribution in [2.45, 2.75) is 20.0 Å². The summed E-state index contributed by atoms with van der Waals surface area (Å²) in [5.74, 6) is -0.484. The van der Waals surface area contributed by atoms with Crippen molar-refractivity contribution in [2.75, 3.05) is 0 Å². The van der Waals surface area contributed by atoms with Crippen molar-refractivity contribution < 1.29 is 13.9 Å². The second kappa shape index (κ2) is 6.14. The van der Waals surface area contributed by atoms with E-state index in [0.717, 1.165) is 16.8 Å². The van der Waals surface area contributed by atoms with Crippen molar-refractivity contribution in [3.63, 3.8) is 0 Å². The first kappa shape index (κ1) is 15.5. The maximum atomic E-state index is 12.1. The van der Waals surface area contributed by atoms with E-state index in [0.29, 0.717) is 16.2 Å². The minimum atomic E-state index is -0.600. The monoisotopic (exact) mass is 355 g/mol. The molecule has 4 rings (SSSR count). The highest BCUT2D eigenvalue weighted by atomic mass is 32.1. The number of benzene rings is 1. The number of nitrogens with zero attached hydrogens (tertiary/aromatic N) is 3. The lowest BCUT2D eigenvalue weighted by molar-refractivity contribution is 0.0434. The Labute approximate surface area is 145 Å². The van der Waals surface area contributed by atoms with E-state index in [4.69, 9.17) is 9.15 Å². The van der Waals surface area contributed by atoms with Crippen molar-refractivity contribution in [2.24, 2.45) is 0 Å². The Bertz CT molecular complexity index is 1110. The molecule has 0 radical (unpaired) electrons. The Hall–Kier alpha value is -3.00. The number of hydrogen-bond donors (Lipinski definition) is 0. The summed E-state index contributed by atoms with van der Waals surface area (Å²) in [6.45, 7) is 1.85. The first-order chi connectivity index (χ1) is 12.1. The Kier molecular flexibility index (Phi) is 3.81. The van der Waals surface area contributed by atoms with Crippen molar-refractivity contribution in [3.8, 4) is 0 Å². The summed E-state index contributed by atoms with van der Waals surface area (Å²) < 4.78 is 11.9. The zero-order valence-electron chi connectivity index (χ0n) is 13.3. The minimum absolute atomic E-state index is 0.110. The van der Waals surface area contributed by atoms with Gasteiger partial charge in [-0.1, -0.05) is 36.5 Å². The molecule has 0 saturated heterocycles. The summed E-state index contributed by atoms with van der Waals surface area (Å²) in [5, 5.41) is 5.82. The third-order valence-electron chi connectivity index (χ3n) is 3.62. The topological polar surface area (TPSA) is 86.7 Å². The smallest absolute Gasteiger partial charge is 0.374 e. The van der Waals surface area contributed by atoms with Gasteiger partial charge in [0.25, 0.3) is 5.56 Å². The molecular formula is C17H13N3O4S. The summed E-state index contributed by atoms with van der Waals surface area (Å²) in [6, 6.07) is 10.3. The molecule has 0 saturated carbocycles. The number of esters is 1. The number of hydrogen-bond acceptors (Lipinski definition) is 7. The number of furan rings is 1. The third kappa shape index (κ3) is 2.91. The Morgan fingerprint density at radius 1 is 1.32 bits per heavy atom. The zero-order chi connectivity index (χ0) is 17.4. The van der Waals surface area contributed by atoms with Gasteiger partial charge >= 0.3 is 5.97 Å². The first-order valence-electron chi connectivity index (χ1n) is 7.68. The molecular weight excluding hydrogens is 342 g/mol. The van der Waals surface area contributed by atoms with Crippen LogP contribution in [0.3, 0.4) is 0 Å². The quantitative estimate of drug-likeness (QED) is 0.523. The van der Waals surface area contributed by atoms with Crippen molar-refractivity contribution in [1.82, 2.24) is 14.6 Å². The molecule has 3 heterocycles. The third-order valence-corrected chi connectivity index (χ3v) is 4.67. The van der Waals surface area contributed by atoms with E-state index in [1.807, 2.05) is 25.1 Å². The van der Waals surface area contributed by atoms with E-state index >= 15 is 0 Å². The molecule has 0 N–H and O–H groups in total. The SMILES string of the molecule is CCc1nn2c(=O)cc(COC(=O)c3cc4ccccc4o3)nc2s1. The Morgan fingerprint density at radius 3 is 2.96 bits per heavy atom. The highest BCUT2D eigenvalue weighted by Crippen LogP contribution is 2.19. The fraction of sp³-hybridized carbons (Fsp3) is 0.176. The number of rotatable bonds is 4. The van der Waals surface area contributed by atoms with Gasteiger partial charge in [0.05, 0.1) is 5.69 Å². The van der Waals surface area contributed by atoms with Crippen LogP contribution in [0.25, 0.3) is 15.9 Å². The van der Waals surface area contributed by atoms with Gasteiger partial charge in [-0.2, -0.15) is 9.61 Å². The summed E-state index contributed by atoms with van der Waals surface area (Å²) in [4.78, 5) is 29.0. The van der Waals surface area contributed by atoms with E-state index < -0.39 is 5.97 Å². The van der Waals surface area contributed by atoms with Gasteiger partial charge in [-0.3, -0.25) is 4.79 Å². The predicted octanol–water partition coefficient (Wildman–Crippen LogP) is 2.82. The molecule has 8 heteroatoms. The molecule has 3 aromatic heterocycles. The van der Waals surface area contributed by atoms with Crippen LogP contribution < -0.4 is 5.56 Å². The van der Waals surface area contributed by atoms with Gasteiger partial charge in [-0.05, 0) is 18.6 Å². The summed E-state index contributed by atoms with van der Waals surface area (Å²) in [5.41, 5.74) is 0.695. The molecule has 0 amide bonds. The van der Waals surface area contributed by atoms with Crippen LogP contribution in [-0.2, 0) is 17.8 Å². The maximum absolute atomic E-state index is 12.1. The van der Waals surface area contributed by atoms with Gasteiger partial charge in [0.15, 0.2) is 0 Å². The lowest BCUT2D eigenvalue weighted by atomic mass is 10.2. The molecule has 126 valence electrons.